The standard InChI is InChI=1S/C32H16N8.C29H25N5O13S4.C2H6.3Na.Zn/c1-2-10-18-17(9-1)25-33-26(18)38-28-21-13-5-6-14-22(21)30(35-28)40-32-24-16-8-7-15-23(24)31(36-32)39-29-20-12-4-3-11-19(20)27(34-29)37-25;1-15-8-24(32-33-28-27(51(44,45)46)11-17-9-19(34-48(3,36)37)6-7-21(17)29(28)35)25(47-2)14-23(15)31-30-18-5-4-16-10-20(49(38,39)40)13-26(22(16)12-18)50(41,42)43;1-2;;;;/h1-16H;4-14,34-35H,1-3H3,(H,38,39,40)(H,41,42,43)(H,44,45,46);1-2H3;;;;/q-2;;;3*+1;+2/p-3. The molecule has 0 radical (unpaired) electrons. The molecule has 2 N–H and O–H groups in total. The van der Waals surface area contributed by atoms with Crippen LogP contribution < -0.4 is 108 Å². The zero-order chi connectivity index (χ0) is 65.9. The molecule has 0 fully saturated rings. The molecule has 14 rings (SSSR count). The van der Waals surface area contributed by atoms with Gasteiger partial charge in [-0.1, -0.05) is 117 Å². The normalized spacial score (nSPS) is 11.9. The number of nitrogens with one attached hydrogen (secondary N) is 1. The van der Waals surface area contributed by atoms with Gasteiger partial charge in [0.2, 0.25) is 10.0 Å². The maximum absolute atomic E-state index is 12.2. The Morgan fingerprint density at radius 3 is 1.35 bits per heavy atom. The third kappa shape index (κ3) is 15.8. The molecule has 0 unspecified atom stereocenters. The molecule has 468 valence electrons. The van der Waals surface area contributed by atoms with Crippen LogP contribution in [0.1, 0.15) is 19.4 Å². The van der Waals surface area contributed by atoms with Crippen LogP contribution in [0.15, 0.2) is 199 Å². The van der Waals surface area contributed by atoms with Crippen molar-refractivity contribution in [2.45, 2.75) is 35.5 Å². The van der Waals surface area contributed by atoms with Gasteiger partial charge in [0.05, 0.1) is 62.7 Å². The van der Waals surface area contributed by atoms with E-state index < -0.39 is 66.5 Å². The summed E-state index contributed by atoms with van der Waals surface area (Å²) in [4.78, 5) is 36.5. The molecule has 97 heavy (non-hydrogen) atoms. The Morgan fingerprint density at radius 1 is 0.464 bits per heavy atom. The molecule has 8 bridgehead atoms. The summed E-state index contributed by atoms with van der Waals surface area (Å²) in [5, 5.41) is 30.3. The van der Waals surface area contributed by atoms with E-state index in [1.165, 1.54) is 49.6 Å². The van der Waals surface area contributed by atoms with Crippen LogP contribution in [0.5, 0.6) is 11.5 Å². The van der Waals surface area contributed by atoms with Crippen LogP contribution in [-0.4, -0.2) is 95.7 Å². The number of nitrogens with zero attached hydrogens (tertiary/aromatic N) is 12. The fourth-order valence-electron chi connectivity index (χ4n) is 10.3. The summed E-state index contributed by atoms with van der Waals surface area (Å²) in [6.45, 7) is 5.57. The predicted octanol–water partition coefficient (Wildman–Crippen LogP) is 3.09. The number of ether oxygens (including phenoxy) is 1. The Bertz CT molecular complexity index is 5570. The number of phenolic OH excluding ortho intramolecular Hbond substituents is 1. The van der Waals surface area contributed by atoms with E-state index in [0.717, 1.165) is 68.3 Å². The van der Waals surface area contributed by atoms with Gasteiger partial charge in [-0.3, -0.25) is 4.72 Å². The first-order valence-electron chi connectivity index (χ1n) is 27.7. The Kier molecular flexibility index (Phi) is 23.4. The first-order valence-corrected chi connectivity index (χ1v) is 33.8. The zero-order valence-electron chi connectivity index (χ0n) is 52.6. The first kappa shape index (κ1) is 75.5. The number of aryl methyl sites for hydroxylation is 1. The van der Waals surface area contributed by atoms with Gasteiger partial charge in [-0.15, -0.1) is 10.2 Å². The summed E-state index contributed by atoms with van der Waals surface area (Å²) < 4.78 is 137. The number of rotatable bonds is 10. The molecule has 34 heteroatoms. The van der Waals surface area contributed by atoms with Crippen LogP contribution in [0.2, 0.25) is 0 Å². The van der Waals surface area contributed by atoms with E-state index in [0.29, 0.717) is 57.5 Å². The summed E-state index contributed by atoms with van der Waals surface area (Å²) >= 11 is 0. The van der Waals surface area contributed by atoms with E-state index >= 15 is 0 Å². The molecule has 2 aliphatic rings. The van der Waals surface area contributed by atoms with Crippen molar-refractivity contribution in [3.8, 4) is 57.1 Å². The van der Waals surface area contributed by atoms with Crippen LogP contribution in [-0.2, 0) is 59.9 Å². The van der Waals surface area contributed by atoms with Crippen molar-refractivity contribution in [3.63, 3.8) is 0 Å². The molecule has 0 saturated carbocycles. The second kappa shape index (κ2) is 30.1. The monoisotopic (exact) mass is 1450 g/mol. The minimum atomic E-state index is -5.25. The van der Waals surface area contributed by atoms with Gasteiger partial charge < -0.3 is 53.4 Å². The van der Waals surface area contributed by atoms with Crippen LogP contribution in [0.4, 0.5) is 28.4 Å². The van der Waals surface area contributed by atoms with E-state index in [-0.39, 0.29) is 158 Å². The molecule has 3 aromatic heterocycles. The maximum Gasteiger partial charge on any atom is 2.00 e. The number of methoxy groups -OCH3 is 1. The number of benzene rings is 9. The van der Waals surface area contributed by atoms with Gasteiger partial charge in [-0.25, -0.2) is 43.6 Å². The number of azo groups is 2. The third-order valence-corrected chi connectivity index (χ3v) is 17.6. The van der Waals surface area contributed by atoms with Gasteiger partial charge in [0.1, 0.15) is 47.5 Å². The number of anilines is 1. The average Bonchev–Trinajstić information content (AvgIpc) is 1.61. The van der Waals surface area contributed by atoms with Crippen molar-refractivity contribution >= 4 is 134 Å². The van der Waals surface area contributed by atoms with Crippen LogP contribution >= 0.6 is 0 Å². The molecule has 0 spiro atoms. The summed E-state index contributed by atoms with van der Waals surface area (Å²) in [7, 11) is -18.0. The molecule has 0 amide bonds. The maximum atomic E-state index is 12.2. The fraction of sp³-hybridized carbons (Fsp3) is 0.0794. The number of aromatic hydroxyl groups is 1. The van der Waals surface area contributed by atoms with E-state index in [1.807, 2.05) is 111 Å². The van der Waals surface area contributed by atoms with E-state index in [4.69, 9.17) is 44.6 Å². The van der Waals surface area contributed by atoms with Crippen LogP contribution in [0.3, 0.4) is 0 Å². The molecule has 0 saturated heterocycles. The second-order valence-corrected chi connectivity index (χ2v) is 26.3. The first-order chi connectivity index (χ1) is 44.3. The Hall–Kier alpha value is -7.24. The van der Waals surface area contributed by atoms with Crippen molar-refractivity contribution in [1.29, 1.82) is 0 Å². The molecule has 26 nitrogen and oxygen atoms in total. The number of fused-ring (bicyclic) bond motifs is 22. The topological polar surface area (TPSA) is 402 Å². The molecule has 5 heterocycles. The minimum absolute atomic E-state index is 0. The zero-order valence-corrected chi connectivity index (χ0v) is 64.9. The Balaban J connectivity index is 0.000000237. The molecule has 9 aromatic carbocycles. The van der Waals surface area contributed by atoms with Gasteiger partial charge in [0.25, 0.3) is 0 Å². The number of aromatic nitrogens is 8. The quantitative estimate of drug-likeness (QED) is 0.113. The molecule has 0 aliphatic carbocycles. The summed E-state index contributed by atoms with van der Waals surface area (Å²) in [6, 6.07) is 44.4. The molecular formula is C63H44N13Na3O13S4Zn. The van der Waals surface area contributed by atoms with Crippen molar-refractivity contribution in [2.75, 3.05) is 18.1 Å². The Morgan fingerprint density at radius 2 is 0.918 bits per heavy atom. The van der Waals surface area contributed by atoms with Gasteiger partial charge in [-0.2, -0.15) is 10.2 Å². The van der Waals surface area contributed by atoms with Crippen LogP contribution in [0.25, 0.3) is 111 Å². The van der Waals surface area contributed by atoms with Gasteiger partial charge in [0, 0.05) is 67.4 Å². The molecule has 2 aliphatic heterocycles. The SMILES string of the molecule is CC.COc1cc(N=Nc2ccc3cc(S(=O)(=O)[O-])cc(S(=O)(=O)[O-])c3c2)c(C)cc1N=Nc1c(S(=O)(=O)[O-])cc2cc(NS(C)(=O)=O)ccc2c1O.[Na+].[Na+].[Na+].[Zn+2].c1ccc2c(c1)-c1nc-2nc2[n-]c(nc3nc(nc4[n-]c(n1)c1ccccc41)-c1ccccc1-3)c1ccccc21. The number of sulfonamides is 1. The molecule has 0 atom stereocenters. The summed E-state index contributed by atoms with van der Waals surface area (Å²) in [5.74, 6) is 1.50. The van der Waals surface area contributed by atoms with E-state index in [1.54, 1.807) is 6.92 Å². The number of phenols is 1. The number of hydrogen-bond acceptors (Lipinski definition) is 23. The van der Waals surface area contributed by atoms with Crippen LogP contribution in [0, 0.1) is 6.92 Å². The summed E-state index contributed by atoms with van der Waals surface area (Å²) in [6.07, 6.45) is 0.900. The van der Waals surface area contributed by atoms with E-state index in [2.05, 4.69) is 25.2 Å². The van der Waals surface area contributed by atoms with Crippen molar-refractivity contribution < 1.29 is 165 Å². The summed E-state index contributed by atoms with van der Waals surface area (Å²) in [5.41, 5.74) is 5.74. The average molecular weight is 1450 g/mol. The van der Waals surface area contributed by atoms with Gasteiger partial charge in [-0.05, 0) is 99.4 Å². The minimum Gasteiger partial charge on any atom is -0.744 e. The van der Waals surface area contributed by atoms with E-state index in [9.17, 15) is 52.4 Å². The van der Waals surface area contributed by atoms with Crippen molar-refractivity contribution in [1.82, 2.24) is 39.9 Å². The fourth-order valence-corrected chi connectivity index (χ4v) is 12.8. The van der Waals surface area contributed by atoms with Gasteiger partial charge >= 0.3 is 108 Å². The predicted molar refractivity (Wildman–Crippen MR) is 343 cm³/mol. The van der Waals surface area contributed by atoms with Crippen molar-refractivity contribution in [3.05, 3.63) is 169 Å². The van der Waals surface area contributed by atoms with Crippen molar-refractivity contribution in [2.24, 2.45) is 20.5 Å². The second-order valence-electron chi connectivity index (χ2n) is 20.4. The Labute approximate surface area is 633 Å². The largest absolute Gasteiger partial charge is 2.00 e. The smallest absolute Gasteiger partial charge is 0.744 e. The third-order valence-electron chi connectivity index (χ3n) is 14.4. The molecule has 12 aromatic rings. The molecular weight excluding hydrogens is 1410 g/mol. The number of hydrogen-bond donors (Lipinski definition) is 2. The van der Waals surface area contributed by atoms with Gasteiger partial charge in [0.15, 0.2) is 5.75 Å².